The summed E-state index contributed by atoms with van der Waals surface area (Å²) in [5.41, 5.74) is 2.19. The number of likely N-dealkylation sites (N-methyl/N-ethyl adjacent to an activating group) is 1. The van der Waals surface area contributed by atoms with E-state index in [1.54, 1.807) is 0 Å². The number of halogens is 3. The predicted molar refractivity (Wildman–Crippen MR) is 129 cm³/mol. The van der Waals surface area contributed by atoms with E-state index in [2.05, 4.69) is 27.6 Å². The van der Waals surface area contributed by atoms with Crippen molar-refractivity contribution in [1.29, 1.82) is 0 Å². The summed E-state index contributed by atoms with van der Waals surface area (Å²) in [6, 6.07) is 5.84. The average molecular weight is 539 g/mol. The minimum Gasteiger partial charge on any atom is -0.357 e. The van der Waals surface area contributed by atoms with Gasteiger partial charge in [0.05, 0.1) is 34.9 Å². The maximum Gasteiger partial charge on any atom is 0.191 e. The number of rotatable bonds is 7. The van der Waals surface area contributed by atoms with E-state index in [4.69, 9.17) is 28.2 Å². The number of guanidine groups is 1. The van der Waals surface area contributed by atoms with Gasteiger partial charge in [0.2, 0.25) is 0 Å². The molecule has 2 rings (SSSR count). The Morgan fingerprint density at radius 3 is 2.50 bits per heavy atom. The number of aromatic nitrogens is 2. The lowest BCUT2D eigenvalue weighted by Gasteiger charge is -2.23. The van der Waals surface area contributed by atoms with Gasteiger partial charge in [0, 0.05) is 25.4 Å². The Labute approximate surface area is 194 Å². The third-order valence-electron chi connectivity index (χ3n) is 4.30. The van der Waals surface area contributed by atoms with Gasteiger partial charge in [-0.25, -0.2) is 0 Å². The van der Waals surface area contributed by atoms with E-state index in [1.165, 1.54) is 0 Å². The van der Waals surface area contributed by atoms with Crippen molar-refractivity contribution in [3.8, 4) is 0 Å². The van der Waals surface area contributed by atoms with Crippen molar-refractivity contribution >= 4 is 53.1 Å². The Morgan fingerprint density at radius 2 is 1.96 bits per heavy atom. The lowest BCUT2D eigenvalue weighted by Crippen LogP contribution is -2.39. The molecule has 0 amide bonds. The lowest BCUT2D eigenvalue weighted by molar-refractivity contribution is 0.306. The van der Waals surface area contributed by atoms with E-state index >= 15 is 0 Å². The molecule has 1 aromatic heterocycles. The van der Waals surface area contributed by atoms with Crippen LogP contribution in [0.1, 0.15) is 37.1 Å². The van der Waals surface area contributed by atoms with E-state index in [9.17, 15) is 0 Å². The largest absolute Gasteiger partial charge is 0.357 e. The standard InChI is InChI=1S/C19H28Cl2N6.HI/c1-6-22-19(25-13(2)14-7-8-16(20)17(21)9-14)23-11-18(26(3)4)15-10-24-27(5)12-15;/h7-10,12-13,18H,6,11H2,1-5H3,(H2,22,23,25);1H. The van der Waals surface area contributed by atoms with Crippen LogP contribution in [-0.2, 0) is 7.05 Å². The molecule has 2 aromatic rings. The van der Waals surface area contributed by atoms with Gasteiger partial charge in [-0.3, -0.25) is 9.67 Å². The maximum atomic E-state index is 6.14. The molecule has 0 radical (unpaired) electrons. The van der Waals surface area contributed by atoms with Crippen LogP contribution in [0.2, 0.25) is 10.0 Å². The van der Waals surface area contributed by atoms with E-state index in [0.29, 0.717) is 16.6 Å². The SMILES string of the molecule is CCNC(=NCC(c1cnn(C)c1)N(C)C)NC(C)c1ccc(Cl)c(Cl)c1.I. The predicted octanol–water partition coefficient (Wildman–Crippen LogP) is 4.26. The van der Waals surface area contributed by atoms with E-state index in [-0.39, 0.29) is 36.1 Å². The summed E-state index contributed by atoms with van der Waals surface area (Å²) in [6.07, 6.45) is 3.91. The summed E-state index contributed by atoms with van der Waals surface area (Å²) in [5, 5.41) is 12.1. The second-order valence-corrected chi connectivity index (χ2v) is 7.50. The van der Waals surface area contributed by atoms with E-state index in [0.717, 1.165) is 23.6 Å². The van der Waals surface area contributed by atoms with Crippen LogP contribution in [0, 0.1) is 0 Å². The molecule has 9 heteroatoms. The summed E-state index contributed by atoms with van der Waals surface area (Å²) < 4.78 is 1.81. The lowest BCUT2D eigenvalue weighted by atomic mass is 10.1. The van der Waals surface area contributed by atoms with Crippen LogP contribution in [0.25, 0.3) is 0 Å². The zero-order valence-electron chi connectivity index (χ0n) is 16.9. The van der Waals surface area contributed by atoms with Crippen molar-refractivity contribution in [1.82, 2.24) is 25.3 Å². The first kappa shape index (κ1) is 25.0. The number of hydrogen-bond acceptors (Lipinski definition) is 3. The van der Waals surface area contributed by atoms with Crippen molar-refractivity contribution < 1.29 is 0 Å². The zero-order valence-corrected chi connectivity index (χ0v) is 20.8. The minimum atomic E-state index is 0. The summed E-state index contributed by atoms with van der Waals surface area (Å²) in [4.78, 5) is 6.93. The van der Waals surface area contributed by atoms with Crippen molar-refractivity contribution in [2.75, 3.05) is 27.2 Å². The highest BCUT2D eigenvalue weighted by Gasteiger charge is 2.16. The summed E-state index contributed by atoms with van der Waals surface area (Å²) in [6.45, 7) is 5.50. The molecule has 0 bridgehead atoms. The number of nitrogens with one attached hydrogen (secondary N) is 2. The quantitative estimate of drug-likeness (QED) is 0.314. The first-order valence-electron chi connectivity index (χ1n) is 8.96. The molecule has 0 saturated heterocycles. The van der Waals surface area contributed by atoms with Gasteiger partial charge in [0.25, 0.3) is 0 Å². The van der Waals surface area contributed by atoms with Crippen LogP contribution in [0.3, 0.4) is 0 Å². The molecule has 2 atom stereocenters. The third kappa shape index (κ3) is 7.09. The van der Waals surface area contributed by atoms with Crippen molar-refractivity contribution in [2.45, 2.75) is 25.9 Å². The molecule has 1 aromatic carbocycles. The number of aliphatic imine (C=N–C) groups is 1. The molecule has 0 spiro atoms. The molecule has 0 saturated carbocycles. The van der Waals surface area contributed by atoms with Crippen LogP contribution in [0.15, 0.2) is 35.6 Å². The first-order valence-corrected chi connectivity index (χ1v) is 9.72. The molecule has 0 fully saturated rings. The molecular weight excluding hydrogens is 510 g/mol. The van der Waals surface area contributed by atoms with Crippen LogP contribution in [-0.4, -0.2) is 47.8 Å². The molecule has 0 aliphatic carbocycles. The molecule has 6 nitrogen and oxygen atoms in total. The van der Waals surface area contributed by atoms with Gasteiger partial charge < -0.3 is 15.5 Å². The monoisotopic (exact) mass is 538 g/mol. The van der Waals surface area contributed by atoms with Crippen LogP contribution in [0.4, 0.5) is 0 Å². The van der Waals surface area contributed by atoms with Crippen LogP contribution < -0.4 is 10.6 Å². The Kier molecular flexibility index (Phi) is 10.6. The van der Waals surface area contributed by atoms with Crippen molar-refractivity contribution in [3.63, 3.8) is 0 Å². The third-order valence-corrected chi connectivity index (χ3v) is 5.04. The number of benzene rings is 1. The minimum absolute atomic E-state index is 0. The highest BCUT2D eigenvalue weighted by Crippen LogP contribution is 2.25. The summed E-state index contributed by atoms with van der Waals surface area (Å²) in [5.74, 6) is 0.756. The number of aryl methyl sites for hydroxylation is 1. The Morgan fingerprint density at radius 1 is 1.25 bits per heavy atom. The topological polar surface area (TPSA) is 57.5 Å². The fourth-order valence-electron chi connectivity index (χ4n) is 2.75. The van der Waals surface area contributed by atoms with Gasteiger partial charge in [-0.1, -0.05) is 29.3 Å². The maximum absolute atomic E-state index is 6.14. The van der Waals surface area contributed by atoms with Gasteiger partial charge in [-0.05, 0) is 45.6 Å². The fourth-order valence-corrected chi connectivity index (χ4v) is 3.05. The van der Waals surface area contributed by atoms with Crippen molar-refractivity contribution in [2.24, 2.45) is 12.0 Å². The summed E-state index contributed by atoms with van der Waals surface area (Å²) in [7, 11) is 6.02. The average Bonchev–Trinajstić information content (AvgIpc) is 3.03. The van der Waals surface area contributed by atoms with Gasteiger partial charge in [-0.15, -0.1) is 24.0 Å². The van der Waals surface area contributed by atoms with E-state index in [1.807, 2.05) is 63.3 Å². The molecular formula is C19H29Cl2IN6. The number of hydrogen-bond donors (Lipinski definition) is 2. The second kappa shape index (κ2) is 11.8. The van der Waals surface area contributed by atoms with E-state index < -0.39 is 0 Å². The Bertz CT molecular complexity index is 778. The Hall–Kier alpha value is -1.03. The highest BCUT2D eigenvalue weighted by atomic mass is 127. The van der Waals surface area contributed by atoms with Gasteiger partial charge in [0.1, 0.15) is 0 Å². The molecule has 156 valence electrons. The van der Waals surface area contributed by atoms with Gasteiger partial charge in [0.15, 0.2) is 5.96 Å². The summed E-state index contributed by atoms with van der Waals surface area (Å²) >= 11 is 12.2. The molecule has 28 heavy (non-hydrogen) atoms. The molecule has 0 aliphatic heterocycles. The molecule has 2 N–H and O–H groups in total. The van der Waals surface area contributed by atoms with Crippen LogP contribution in [0.5, 0.6) is 0 Å². The van der Waals surface area contributed by atoms with Crippen molar-refractivity contribution in [3.05, 3.63) is 51.8 Å². The normalized spacial score (nSPS) is 13.8. The molecule has 2 unspecified atom stereocenters. The van der Waals surface area contributed by atoms with Gasteiger partial charge >= 0.3 is 0 Å². The highest BCUT2D eigenvalue weighted by molar-refractivity contribution is 14.0. The smallest absolute Gasteiger partial charge is 0.191 e. The van der Waals surface area contributed by atoms with Crippen LogP contribution >= 0.6 is 47.2 Å². The molecule has 1 heterocycles. The first-order chi connectivity index (χ1) is 12.8. The number of nitrogens with zero attached hydrogens (tertiary/aromatic N) is 4. The second-order valence-electron chi connectivity index (χ2n) is 6.69. The molecule has 0 aliphatic rings. The van der Waals surface area contributed by atoms with Gasteiger partial charge in [-0.2, -0.15) is 5.10 Å². The Balaban J connectivity index is 0.00000392. The zero-order chi connectivity index (χ0) is 20.0. The fraction of sp³-hybridized carbons (Fsp3) is 0.474.